The predicted molar refractivity (Wildman–Crippen MR) is 93.3 cm³/mol. The molecule has 2 heteroatoms. The van der Waals surface area contributed by atoms with Gasteiger partial charge in [0.15, 0.2) is 0 Å². The molecule has 1 aromatic carbocycles. The Kier molecular flexibility index (Phi) is 7.60. The van der Waals surface area contributed by atoms with Gasteiger partial charge in [-0.15, -0.1) is 0 Å². The molecule has 0 spiro atoms. The Morgan fingerprint density at radius 2 is 1.65 bits per heavy atom. The molecule has 0 amide bonds. The third-order valence-electron chi connectivity index (χ3n) is 4.88. The van der Waals surface area contributed by atoms with E-state index in [-0.39, 0.29) is 5.82 Å². The fourth-order valence-corrected chi connectivity index (χ4v) is 3.44. The van der Waals surface area contributed by atoms with E-state index < -0.39 is 0 Å². The third kappa shape index (κ3) is 6.82. The summed E-state index contributed by atoms with van der Waals surface area (Å²) < 4.78 is 12.9. The van der Waals surface area contributed by atoms with Gasteiger partial charge in [-0.25, -0.2) is 4.39 Å². The Morgan fingerprint density at radius 1 is 1.00 bits per heavy atom. The van der Waals surface area contributed by atoms with E-state index in [0.717, 1.165) is 24.7 Å². The van der Waals surface area contributed by atoms with Crippen LogP contribution in [-0.2, 0) is 6.42 Å². The van der Waals surface area contributed by atoms with Crippen molar-refractivity contribution in [3.05, 3.63) is 60.0 Å². The maximum absolute atomic E-state index is 12.9. The number of aryl methyl sites for hydroxylation is 1. The third-order valence-corrected chi connectivity index (χ3v) is 4.88. The molecule has 0 bridgehead atoms. The topological polar surface area (TPSA) is 23.8 Å². The molecule has 0 unspecified atom stereocenters. The molecular weight excluding hydrogens is 285 g/mol. The van der Waals surface area contributed by atoms with E-state index in [1.54, 1.807) is 18.2 Å². The second-order valence-corrected chi connectivity index (χ2v) is 6.55. The molecule has 0 aliphatic heterocycles. The molecule has 23 heavy (non-hydrogen) atoms. The van der Waals surface area contributed by atoms with Gasteiger partial charge in [0.25, 0.3) is 0 Å². The zero-order chi connectivity index (χ0) is 16.3. The molecule has 2 rings (SSSR count). The minimum absolute atomic E-state index is 0.147. The summed E-state index contributed by atoms with van der Waals surface area (Å²) >= 11 is 0. The van der Waals surface area contributed by atoms with Crippen LogP contribution in [0.5, 0.6) is 0 Å². The average molecular weight is 311 g/mol. The Bertz CT molecular complexity index is 542. The van der Waals surface area contributed by atoms with Crippen LogP contribution >= 0.6 is 0 Å². The Labute approximate surface area is 139 Å². The van der Waals surface area contributed by atoms with Crippen LogP contribution in [0.15, 0.2) is 48.6 Å². The van der Waals surface area contributed by atoms with E-state index in [0.29, 0.717) is 0 Å². The van der Waals surface area contributed by atoms with Crippen molar-refractivity contribution in [1.29, 1.82) is 5.26 Å². The second-order valence-electron chi connectivity index (χ2n) is 6.55. The number of benzene rings is 1. The SMILES string of the molecule is N#CC=CC=CCC[C@H]1CC[C@H](CCc2ccc(F)cc2)CC1. The van der Waals surface area contributed by atoms with Crippen molar-refractivity contribution >= 4 is 0 Å². The van der Waals surface area contributed by atoms with Crippen molar-refractivity contribution in [2.75, 3.05) is 0 Å². The zero-order valence-corrected chi connectivity index (χ0v) is 13.8. The molecule has 1 aromatic rings. The van der Waals surface area contributed by atoms with Gasteiger partial charge in [0, 0.05) is 6.08 Å². The molecule has 0 radical (unpaired) electrons. The van der Waals surface area contributed by atoms with Crippen LogP contribution < -0.4 is 0 Å². The van der Waals surface area contributed by atoms with Gasteiger partial charge in [-0.05, 0) is 55.2 Å². The van der Waals surface area contributed by atoms with Crippen molar-refractivity contribution in [2.24, 2.45) is 11.8 Å². The summed E-state index contributed by atoms with van der Waals surface area (Å²) in [7, 11) is 0. The average Bonchev–Trinajstić information content (AvgIpc) is 2.58. The van der Waals surface area contributed by atoms with Crippen LogP contribution in [0.3, 0.4) is 0 Å². The van der Waals surface area contributed by atoms with Crippen LogP contribution in [0.1, 0.15) is 50.5 Å². The van der Waals surface area contributed by atoms with E-state index in [1.807, 2.05) is 24.3 Å². The first-order chi connectivity index (χ1) is 11.3. The van der Waals surface area contributed by atoms with Gasteiger partial charge in [-0.1, -0.05) is 56.0 Å². The van der Waals surface area contributed by atoms with Gasteiger partial charge < -0.3 is 0 Å². The number of hydrogen-bond acceptors (Lipinski definition) is 1. The van der Waals surface area contributed by atoms with E-state index >= 15 is 0 Å². The quantitative estimate of drug-likeness (QED) is 0.449. The number of nitrogens with zero attached hydrogens (tertiary/aromatic N) is 1. The highest BCUT2D eigenvalue weighted by molar-refractivity contribution is 5.16. The van der Waals surface area contributed by atoms with Crippen molar-refractivity contribution in [3.8, 4) is 6.07 Å². The number of halogens is 1. The molecule has 0 aromatic heterocycles. The molecule has 0 atom stereocenters. The van der Waals surface area contributed by atoms with E-state index in [9.17, 15) is 4.39 Å². The molecule has 0 saturated heterocycles. The maximum atomic E-state index is 12.9. The molecule has 1 saturated carbocycles. The highest BCUT2D eigenvalue weighted by Crippen LogP contribution is 2.33. The first-order valence-corrected chi connectivity index (χ1v) is 8.73. The highest BCUT2D eigenvalue weighted by atomic mass is 19.1. The number of nitriles is 1. The summed E-state index contributed by atoms with van der Waals surface area (Å²) in [5.41, 5.74) is 1.25. The van der Waals surface area contributed by atoms with Crippen LogP contribution in [0, 0.1) is 29.0 Å². The molecule has 1 aliphatic rings. The molecule has 1 aliphatic carbocycles. The summed E-state index contributed by atoms with van der Waals surface area (Å²) in [5, 5.41) is 8.39. The monoisotopic (exact) mass is 311 g/mol. The smallest absolute Gasteiger partial charge is 0.123 e. The van der Waals surface area contributed by atoms with Crippen LogP contribution in [0.4, 0.5) is 4.39 Å². The van der Waals surface area contributed by atoms with Crippen molar-refractivity contribution < 1.29 is 4.39 Å². The standard InChI is InChI=1S/C21H26FN/c22-21-15-13-20(14-16-21)12-11-19-9-7-18(8-10-19)6-4-2-1-3-5-17-23/h1-3,5,13-16,18-19H,4,6-12H2/t18-,19-. The normalized spacial score (nSPS) is 21.7. The largest absolute Gasteiger partial charge is 0.207 e. The van der Waals surface area contributed by atoms with Crippen molar-refractivity contribution in [2.45, 2.75) is 51.4 Å². The van der Waals surface area contributed by atoms with Crippen molar-refractivity contribution in [1.82, 2.24) is 0 Å². The lowest BCUT2D eigenvalue weighted by atomic mass is 9.78. The highest BCUT2D eigenvalue weighted by Gasteiger charge is 2.20. The van der Waals surface area contributed by atoms with Crippen LogP contribution in [0.25, 0.3) is 0 Å². The van der Waals surface area contributed by atoms with Gasteiger partial charge in [-0.2, -0.15) is 5.26 Å². The summed E-state index contributed by atoms with van der Waals surface area (Å²) in [6.45, 7) is 0. The lowest BCUT2D eigenvalue weighted by Crippen LogP contribution is -2.15. The van der Waals surface area contributed by atoms with Gasteiger partial charge >= 0.3 is 0 Å². The number of hydrogen-bond donors (Lipinski definition) is 0. The summed E-state index contributed by atoms with van der Waals surface area (Å²) in [6.07, 6.45) is 17.5. The van der Waals surface area contributed by atoms with E-state index in [2.05, 4.69) is 6.08 Å². The van der Waals surface area contributed by atoms with Gasteiger partial charge in [0.2, 0.25) is 0 Å². The van der Waals surface area contributed by atoms with Gasteiger partial charge in [-0.3, -0.25) is 0 Å². The summed E-state index contributed by atoms with van der Waals surface area (Å²) in [5.74, 6) is 1.55. The fraction of sp³-hybridized carbons (Fsp3) is 0.476. The molecule has 122 valence electrons. The molecule has 1 fully saturated rings. The summed E-state index contributed by atoms with van der Waals surface area (Å²) in [4.78, 5) is 0. The molecule has 1 nitrogen and oxygen atoms in total. The minimum Gasteiger partial charge on any atom is -0.207 e. The molecule has 0 N–H and O–H groups in total. The predicted octanol–water partition coefficient (Wildman–Crippen LogP) is 5.98. The fourth-order valence-electron chi connectivity index (χ4n) is 3.44. The second kappa shape index (κ2) is 10.0. The van der Waals surface area contributed by atoms with Gasteiger partial charge in [0.1, 0.15) is 5.82 Å². The Morgan fingerprint density at radius 3 is 2.30 bits per heavy atom. The number of allylic oxidation sites excluding steroid dienone is 4. The zero-order valence-electron chi connectivity index (χ0n) is 13.8. The van der Waals surface area contributed by atoms with E-state index in [1.165, 1.54) is 50.2 Å². The summed E-state index contributed by atoms with van der Waals surface area (Å²) in [6, 6.07) is 8.93. The Balaban J connectivity index is 1.60. The minimum atomic E-state index is -0.147. The lowest BCUT2D eigenvalue weighted by Gasteiger charge is -2.28. The lowest BCUT2D eigenvalue weighted by molar-refractivity contribution is 0.254. The Hall–Kier alpha value is -1.88. The molecule has 0 heterocycles. The van der Waals surface area contributed by atoms with E-state index in [4.69, 9.17) is 5.26 Å². The maximum Gasteiger partial charge on any atom is 0.123 e. The van der Waals surface area contributed by atoms with Crippen molar-refractivity contribution in [3.63, 3.8) is 0 Å². The van der Waals surface area contributed by atoms with Crippen LogP contribution in [0.2, 0.25) is 0 Å². The van der Waals surface area contributed by atoms with Crippen LogP contribution in [-0.4, -0.2) is 0 Å². The first-order valence-electron chi connectivity index (χ1n) is 8.73. The first kappa shape index (κ1) is 17.5. The molecular formula is C21H26FN. The van der Waals surface area contributed by atoms with Gasteiger partial charge in [0.05, 0.1) is 6.07 Å². The number of rotatable bonds is 7.